The fourth-order valence-corrected chi connectivity index (χ4v) is 2.20. The van der Waals surface area contributed by atoms with E-state index in [9.17, 15) is 0 Å². The maximum atomic E-state index is 8.72. The van der Waals surface area contributed by atoms with E-state index < -0.39 is 0 Å². The van der Waals surface area contributed by atoms with Crippen LogP contribution in [0.25, 0.3) is 0 Å². The molecule has 0 aliphatic rings. The lowest BCUT2D eigenvalue weighted by molar-refractivity contribution is 0.271. The van der Waals surface area contributed by atoms with E-state index in [1.165, 1.54) is 64.2 Å². The first-order chi connectivity index (χ1) is 8.31. The molecule has 0 aromatic carbocycles. The van der Waals surface area contributed by atoms with E-state index in [-0.39, 0.29) is 12.6 Å². The third-order valence-electron chi connectivity index (χ3n) is 3.43. The molecule has 2 nitrogen and oxygen atoms in total. The van der Waals surface area contributed by atoms with Gasteiger partial charge in [-0.3, -0.25) is 0 Å². The van der Waals surface area contributed by atoms with E-state index in [1.54, 1.807) is 0 Å². The standard InChI is InChI=1S/C15H33NO/c1-2-3-4-5-6-7-8-9-10-11-12-15(16)13-14-17/h15,17H,2-14,16H2,1H3/t15-/m0/s1. The zero-order valence-corrected chi connectivity index (χ0v) is 11.8. The fourth-order valence-electron chi connectivity index (χ4n) is 2.20. The average molecular weight is 243 g/mol. The molecule has 104 valence electrons. The zero-order chi connectivity index (χ0) is 12.8. The molecule has 0 saturated carbocycles. The van der Waals surface area contributed by atoms with Gasteiger partial charge in [-0.25, -0.2) is 0 Å². The molecular weight excluding hydrogens is 210 g/mol. The second kappa shape index (κ2) is 14.0. The quantitative estimate of drug-likeness (QED) is 0.480. The van der Waals surface area contributed by atoms with Gasteiger partial charge in [-0.2, -0.15) is 0 Å². The lowest BCUT2D eigenvalue weighted by Crippen LogP contribution is -2.20. The van der Waals surface area contributed by atoms with Crippen molar-refractivity contribution in [3.05, 3.63) is 0 Å². The first-order valence-corrected chi connectivity index (χ1v) is 7.67. The van der Waals surface area contributed by atoms with Crippen LogP contribution >= 0.6 is 0 Å². The van der Waals surface area contributed by atoms with E-state index in [4.69, 9.17) is 10.8 Å². The molecule has 0 saturated heterocycles. The molecule has 17 heavy (non-hydrogen) atoms. The van der Waals surface area contributed by atoms with Crippen LogP contribution in [-0.4, -0.2) is 17.8 Å². The van der Waals surface area contributed by atoms with Gasteiger partial charge in [0, 0.05) is 12.6 Å². The molecule has 1 atom stereocenters. The van der Waals surface area contributed by atoms with E-state index in [1.807, 2.05) is 0 Å². The number of rotatable bonds is 13. The summed E-state index contributed by atoms with van der Waals surface area (Å²) in [5.74, 6) is 0. The molecule has 3 N–H and O–H groups in total. The highest BCUT2D eigenvalue weighted by molar-refractivity contribution is 4.60. The van der Waals surface area contributed by atoms with Crippen LogP contribution in [0.3, 0.4) is 0 Å². The third kappa shape index (κ3) is 13.9. The highest BCUT2D eigenvalue weighted by Crippen LogP contribution is 2.12. The Hall–Kier alpha value is -0.0800. The second-order valence-electron chi connectivity index (χ2n) is 5.24. The van der Waals surface area contributed by atoms with Crippen LogP contribution in [-0.2, 0) is 0 Å². The van der Waals surface area contributed by atoms with E-state index >= 15 is 0 Å². The number of nitrogens with two attached hydrogens (primary N) is 1. The minimum atomic E-state index is 0.217. The molecule has 0 aromatic rings. The van der Waals surface area contributed by atoms with Gasteiger partial charge in [-0.1, -0.05) is 71.1 Å². The van der Waals surface area contributed by atoms with E-state index in [2.05, 4.69) is 6.92 Å². The molecule has 0 rings (SSSR count). The summed E-state index contributed by atoms with van der Waals surface area (Å²) in [6.07, 6.45) is 15.6. The van der Waals surface area contributed by atoms with Crippen molar-refractivity contribution < 1.29 is 5.11 Å². The van der Waals surface area contributed by atoms with Crippen molar-refractivity contribution in [2.45, 2.75) is 90.0 Å². The number of aliphatic hydroxyl groups is 1. The number of hydrogen-bond acceptors (Lipinski definition) is 2. The monoisotopic (exact) mass is 243 g/mol. The minimum Gasteiger partial charge on any atom is -0.396 e. The Balaban J connectivity index is 2.98. The van der Waals surface area contributed by atoms with Crippen molar-refractivity contribution in [1.29, 1.82) is 0 Å². The summed E-state index contributed by atoms with van der Waals surface area (Å²) in [6, 6.07) is 0.217. The fraction of sp³-hybridized carbons (Fsp3) is 1.00. The molecule has 0 aliphatic heterocycles. The largest absolute Gasteiger partial charge is 0.396 e. The molecule has 0 radical (unpaired) electrons. The van der Waals surface area contributed by atoms with E-state index in [0.29, 0.717) is 0 Å². The number of unbranched alkanes of at least 4 members (excludes halogenated alkanes) is 9. The topological polar surface area (TPSA) is 46.2 Å². The molecule has 0 bridgehead atoms. The third-order valence-corrected chi connectivity index (χ3v) is 3.43. The van der Waals surface area contributed by atoms with Gasteiger partial charge in [0.05, 0.1) is 0 Å². The highest BCUT2D eigenvalue weighted by Gasteiger charge is 2.00. The normalized spacial score (nSPS) is 12.9. The molecule has 0 amide bonds. The van der Waals surface area contributed by atoms with Crippen LogP contribution < -0.4 is 5.73 Å². The summed E-state index contributed by atoms with van der Waals surface area (Å²) in [6.45, 7) is 2.50. The van der Waals surface area contributed by atoms with Crippen molar-refractivity contribution in [3.8, 4) is 0 Å². The van der Waals surface area contributed by atoms with Gasteiger partial charge in [0.15, 0.2) is 0 Å². The van der Waals surface area contributed by atoms with E-state index in [0.717, 1.165) is 12.8 Å². The molecule has 0 spiro atoms. The number of hydrogen-bond donors (Lipinski definition) is 2. The van der Waals surface area contributed by atoms with Crippen LogP contribution in [0.15, 0.2) is 0 Å². The average Bonchev–Trinajstić information content (AvgIpc) is 2.32. The Kier molecular flexibility index (Phi) is 13.9. The lowest BCUT2D eigenvalue weighted by atomic mass is 10.0. The minimum absolute atomic E-state index is 0.217. The van der Waals surface area contributed by atoms with Gasteiger partial charge < -0.3 is 10.8 Å². The summed E-state index contributed by atoms with van der Waals surface area (Å²) < 4.78 is 0. The van der Waals surface area contributed by atoms with Crippen LogP contribution in [0.5, 0.6) is 0 Å². The van der Waals surface area contributed by atoms with Crippen LogP contribution in [0.2, 0.25) is 0 Å². The molecule has 0 fully saturated rings. The maximum Gasteiger partial charge on any atom is 0.0445 e. The van der Waals surface area contributed by atoms with Crippen LogP contribution in [0.4, 0.5) is 0 Å². The molecule has 0 heterocycles. The summed E-state index contributed by atoms with van der Waals surface area (Å²) in [7, 11) is 0. The maximum absolute atomic E-state index is 8.72. The van der Waals surface area contributed by atoms with Crippen LogP contribution in [0, 0.1) is 0 Å². The first kappa shape index (κ1) is 16.9. The Morgan fingerprint density at radius 2 is 1.24 bits per heavy atom. The van der Waals surface area contributed by atoms with Gasteiger partial charge >= 0.3 is 0 Å². The molecule has 0 unspecified atom stereocenters. The van der Waals surface area contributed by atoms with Gasteiger partial charge in [-0.05, 0) is 12.8 Å². The van der Waals surface area contributed by atoms with Crippen molar-refractivity contribution in [3.63, 3.8) is 0 Å². The summed E-state index contributed by atoms with van der Waals surface area (Å²) in [4.78, 5) is 0. The Morgan fingerprint density at radius 1 is 0.765 bits per heavy atom. The zero-order valence-electron chi connectivity index (χ0n) is 11.8. The highest BCUT2D eigenvalue weighted by atomic mass is 16.3. The Morgan fingerprint density at radius 3 is 1.71 bits per heavy atom. The summed E-state index contributed by atoms with van der Waals surface area (Å²) in [5.41, 5.74) is 5.83. The van der Waals surface area contributed by atoms with Crippen molar-refractivity contribution in [2.24, 2.45) is 5.73 Å². The van der Waals surface area contributed by atoms with Gasteiger partial charge in [0.25, 0.3) is 0 Å². The van der Waals surface area contributed by atoms with Crippen LogP contribution in [0.1, 0.15) is 84.0 Å². The smallest absolute Gasteiger partial charge is 0.0445 e. The summed E-state index contributed by atoms with van der Waals surface area (Å²) in [5, 5.41) is 8.72. The molecule has 0 aliphatic carbocycles. The molecule has 0 aromatic heterocycles. The Labute approximate surface area is 108 Å². The predicted octanol–water partition coefficient (Wildman–Crippen LogP) is 4.01. The molecular formula is C15H33NO. The number of aliphatic hydroxyl groups excluding tert-OH is 1. The van der Waals surface area contributed by atoms with Crippen molar-refractivity contribution >= 4 is 0 Å². The Bertz CT molecular complexity index is 139. The van der Waals surface area contributed by atoms with Gasteiger partial charge in [-0.15, -0.1) is 0 Å². The molecule has 2 heteroatoms. The van der Waals surface area contributed by atoms with Gasteiger partial charge in [0.2, 0.25) is 0 Å². The lowest BCUT2D eigenvalue weighted by Gasteiger charge is -2.08. The first-order valence-electron chi connectivity index (χ1n) is 7.67. The SMILES string of the molecule is CCCCCCCCCCCC[C@H](N)CCO. The second-order valence-corrected chi connectivity index (χ2v) is 5.24. The van der Waals surface area contributed by atoms with Crippen molar-refractivity contribution in [2.75, 3.05) is 6.61 Å². The predicted molar refractivity (Wildman–Crippen MR) is 76.1 cm³/mol. The van der Waals surface area contributed by atoms with Crippen molar-refractivity contribution in [1.82, 2.24) is 0 Å². The summed E-state index contributed by atoms with van der Waals surface area (Å²) >= 11 is 0. The van der Waals surface area contributed by atoms with Gasteiger partial charge in [0.1, 0.15) is 0 Å².